The van der Waals surface area contributed by atoms with Crippen molar-refractivity contribution < 1.29 is 28.9 Å². The minimum atomic E-state index is -0.882. The third kappa shape index (κ3) is 4.67. The second-order valence-electron chi connectivity index (χ2n) is 9.48. The van der Waals surface area contributed by atoms with Crippen LogP contribution in [0.25, 0.3) is 5.76 Å². The Morgan fingerprint density at radius 1 is 1.03 bits per heavy atom. The van der Waals surface area contributed by atoms with Crippen molar-refractivity contribution in [3.63, 3.8) is 0 Å². The maximum absolute atomic E-state index is 13.6. The van der Waals surface area contributed by atoms with Crippen molar-refractivity contribution >= 4 is 28.8 Å². The molecule has 39 heavy (non-hydrogen) atoms. The fourth-order valence-electron chi connectivity index (χ4n) is 5.09. The molecule has 3 aromatic carbocycles. The largest absolute Gasteiger partial charge is 0.507 e. The van der Waals surface area contributed by atoms with Crippen LogP contribution in [0, 0.1) is 0 Å². The van der Waals surface area contributed by atoms with Crippen LogP contribution in [0.2, 0.25) is 0 Å². The Balaban J connectivity index is 1.70. The summed E-state index contributed by atoms with van der Waals surface area (Å²) < 4.78 is 17.0. The van der Waals surface area contributed by atoms with Gasteiger partial charge in [0, 0.05) is 18.3 Å². The van der Waals surface area contributed by atoms with Crippen LogP contribution in [0.3, 0.4) is 0 Å². The number of benzene rings is 3. The van der Waals surface area contributed by atoms with Crippen LogP contribution in [0.15, 0.2) is 66.2 Å². The van der Waals surface area contributed by atoms with Crippen LogP contribution in [-0.4, -0.2) is 50.7 Å². The predicted octanol–water partition coefficient (Wildman–Crippen LogP) is 5.11. The average molecular weight is 529 g/mol. The first-order chi connectivity index (χ1) is 18.9. The number of anilines is 2. The van der Waals surface area contributed by atoms with Crippen molar-refractivity contribution in [2.24, 2.45) is 0 Å². The number of carbonyl (C=O) groups is 2. The van der Waals surface area contributed by atoms with Crippen molar-refractivity contribution in [1.29, 1.82) is 0 Å². The summed E-state index contributed by atoms with van der Waals surface area (Å²) >= 11 is 0. The van der Waals surface area contributed by atoms with Gasteiger partial charge in [-0.1, -0.05) is 25.1 Å². The van der Waals surface area contributed by atoms with Gasteiger partial charge in [0.15, 0.2) is 11.5 Å². The summed E-state index contributed by atoms with van der Waals surface area (Å²) in [6, 6.07) is 17.2. The van der Waals surface area contributed by atoms with E-state index < -0.39 is 17.7 Å². The number of hydrogen-bond donors (Lipinski definition) is 1. The fraction of sp³-hybridized carbons (Fsp3) is 0.290. The zero-order chi connectivity index (χ0) is 27.7. The monoisotopic (exact) mass is 528 g/mol. The topological polar surface area (TPSA) is 88.5 Å². The number of carbonyl (C=O) groups excluding carboxylic acids is 2. The Morgan fingerprint density at radius 3 is 2.49 bits per heavy atom. The van der Waals surface area contributed by atoms with Gasteiger partial charge in [-0.05, 0) is 66.9 Å². The SMILES string of the molecule is CCOc1cc(C2/C(=C(\O)c3ccc4c(c3)N(C)CCO4)C(=O)C(=O)N2c2ccc(CC)cc2)ccc1OC. The Labute approximate surface area is 228 Å². The van der Waals surface area contributed by atoms with Crippen molar-refractivity contribution in [3.8, 4) is 17.2 Å². The number of rotatable bonds is 7. The summed E-state index contributed by atoms with van der Waals surface area (Å²) in [6.45, 7) is 5.58. The molecular weight excluding hydrogens is 496 g/mol. The number of likely N-dealkylation sites (N-methyl/N-ethyl adjacent to an activating group) is 1. The number of ketones is 1. The lowest BCUT2D eigenvalue weighted by Crippen LogP contribution is -2.29. The molecule has 8 heteroatoms. The van der Waals surface area contributed by atoms with Gasteiger partial charge in [0.25, 0.3) is 11.7 Å². The second kappa shape index (κ2) is 10.7. The van der Waals surface area contributed by atoms with Crippen LogP contribution in [-0.2, 0) is 16.0 Å². The first-order valence-electron chi connectivity index (χ1n) is 13.1. The van der Waals surface area contributed by atoms with Crippen molar-refractivity contribution in [2.75, 3.05) is 43.7 Å². The highest BCUT2D eigenvalue weighted by Gasteiger charge is 2.47. The molecule has 5 rings (SSSR count). The van der Waals surface area contributed by atoms with E-state index in [0.29, 0.717) is 53.8 Å². The molecule has 1 unspecified atom stereocenters. The Bertz CT molecular complexity index is 1450. The predicted molar refractivity (Wildman–Crippen MR) is 150 cm³/mol. The average Bonchev–Trinajstić information content (AvgIpc) is 3.22. The Kier molecular flexibility index (Phi) is 7.19. The molecular formula is C31H32N2O6. The summed E-state index contributed by atoms with van der Waals surface area (Å²) in [5.41, 5.74) is 3.51. The number of Topliss-reactive ketones (excluding diaryl/α,β-unsaturated/α-hetero) is 1. The van der Waals surface area contributed by atoms with Crippen LogP contribution >= 0.6 is 0 Å². The number of nitrogens with zero attached hydrogens (tertiary/aromatic N) is 2. The Morgan fingerprint density at radius 2 is 1.79 bits per heavy atom. The van der Waals surface area contributed by atoms with Crippen LogP contribution in [0.5, 0.6) is 17.2 Å². The molecule has 1 fully saturated rings. The maximum Gasteiger partial charge on any atom is 0.300 e. The lowest BCUT2D eigenvalue weighted by Gasteiger charge is -2.28. The zero-order valence-electron chi connectivity index (χ0n) is 22.6. The molecule has 3 aromatic rings. The molecule has 0 saturated carbocycles. The Hall–Kier alpha value is -4.46. The van der Waals surface area contributed by atoms with Crippen molar-refractivity contribution in [1.82, 2.24) is 0 Å². The van der Waals surface area contributed by atoms with E-state index in [4.69, 9.17) is 14.2 Å². The molecule has 0 aliphatic carbocycles. The second-order valence-corrected chi connectivity index (χ2v) is 9.48. The van der Waals surface area contributed by atoms with Crippen molar-refractivity contribution in [3.05, 3.63) is 82.9 Å². The summed E-state index contributed by atoms with van der Waals surface area (Å²) in [4.78, 5) is 30.6. The number of amides is 1. The van der Waals surface area contributed by atoms with Crippen LogP contribution in [0.1, 0.15) is 36.6 Å². The van der Waals surface area contributed by atoms with Crippen LogP contribution < -0.4 is 24.0 Å². The number of hydrogen-bond acceptors (Lipinski definition) is 7. The van der Waals surface area contributed by atoms with E-state index in [2.05, 4.69) is 6.92 Å². The van der Waals surface area contributed by atoms with Gasteiger partial charge in [-0.2, -0.15) is 0 Å². The molecule has 1 atom stereocenters. The summed E-state index contributed by atoms with van der Waals surface area (Å²) in [6.07, 6.45) is 0.842. The smallest absolute Gasteiger partial charge is 0.300 e. The number of aryl methyl sites for hydroxylation is 1. The number of aliphatic hydroxyl groups excluding tert-OH is 1. The lowest BCUT2D eigenvalue weighted by molar-refractivity contribution is -0.132. The lowest BCUT2D eigenvalue weighted by atomic mass is 9.94. The van der Waals surface area contributed by atoms with Gasteiger partial charge in [-0.3, -0.25) is 14.5 Å². The number of fused-ring (bicyclic) bond motifs is 1. The summed E-state index contributed by atoms with van der Waals surface area (Å²) in [7, 11) is 3.49. The molecule has 1 N–H and O–H groups in total. The molecule has 202 valence electrons. The van der Waals surface area contributed by atoms with Gasteiger partial charge in [-0.15, -0.1) is 0 Å². The van der Waals surface area contributed by atoms with Gasteiger partial charge >= 0.3 is 0 Å². The van der Waals surface area contributed by atoms with E-state index in [-0.39, 0.29) is 11.3 Å². The van der Waals surface area contributed by atoms with E-state index in [1.54, 1.807) is 43.5 Å². The highest BCUT2D eigenvalue weighted by atomic mass is 16.5. The maximum atomic E-state index is 13.6. The normalized spacial score (nSPS) is 18.1. The van der Waals surface area contributed by atoms with Gasteiger partial charge < -0.3 is 24.2 Å². The molecule has 8 nitrogen and oxygen atoms in total. The quantitative estimate of drug-likeness (QED) is 0.259. The van der Waals surface area contributed by atoms with E-state index in [0.717, 1.165) is 17.7 Å². The van der Waals surface area contributed by atoms with Gasteiger partial charge in [-0.25, -0.2) is 0 Å². The van der Waals surface area contributed by atoms with E-state index in [1.807, 2.05) is 43.1 Å². The molecule has 2 aliphatic heterocycles. The van der Waals surface area contributed by atoms with E-state index in [9.17, 15) is 14.7 Å². The molecule has 2 aliphatic rings. The summed E-state index contributed by atoms with van der Waals surface area (Å²) in [5.74, 6) is -0.00267. The zero-order valence-corrected chi connectivity index (χ0v) is 22.6. The highest BCUT2D eigenvalue weighted by molar-refractivity contribution is 6.51. The first-order valence-corrected chi connectivity index (χ1v) is 13.1. The summed E-state index contributed by atoms with van der Waals surface area (Å²) in [5, 5.41) is 11.6. The number of aliphatic hydroxyl groups is 1. The molecule has 1 amide bonds. The molecule has 2 heterocycles. The minimum Gasteiger partial charge on any atom is -0.507 e. The number of ether oxygens (including phenoxy) is 3. The number of methoxy groups -OCH3 is 1. The van der Waals surface area contributed by atoms with Gasteiger partial charge in [0.1, 0.15) is 18.1 Å². The highest BCUT2D eigenvalue weighted by Crippen LogP contribution is 2.45. The van der Waals surface area contributed by atoms with Crippen molar-refractivity contribution in [2.45, 2.75) is 26.3 Å². The molecule has 0 aromatic heterocycles. The first kappa shape index (κ1) is 26.2. The minimum absolute atomic E-state index is 0.00603. The van der Waals surface area contributed by atoms with Gasteiger partial charge in [0.2, 0.25) is 0 Å². The third-order valence-electron chi connectivity index (χ3n) is 7.20. The van der Waals surface area contributed by atoms with E-state index in [1.165, 1.54) is 4.90 Å². The standard InChI is InChI=1S/C31H32N2O6/c1-5-19-7-11-22(12-8-19)33-28(20-9-14-25(37-4)26(18-20)38-6-2)27(30(35)31(33)36)29(34)21-10-13-24-23(17-21)32(3)15-16-39-24/h7-14,17-18,28,34H,5-6,15-16H2,1-4H3/b29-27+. The van der Waals surface area contributed by atoms with Gasteiger partial charge in [0.05, 0.1) is 37.6 Å². The van der Waals surface area contributed by atoms with E-state index >= 15 is 0 Å². The van der Waals surface area contributed by atoms with Crippen LogP contribution in [0.4, 0.5) is 11.4 Å². The third-order valence-corrected chi connectivity index (χ3v) is 7.20. The molecule has 0 spiro atoms. The molecule has 1 saturated heterocycles. The molecule has 0 bridgehead atoms. The fourth-order valence-corrected chi connectivity index (χ4v) is 5.09. The molecule has 0 radical (unpaired) electrons.